The number of aliphatic hydroxyl groups excluding tert-OH is 1. The molecule has 0 heterocycles. The second-order valence-electron chi connectivity index (χ2n) is 4.56. The maximum absolute atomic E-state index is 13.1. The van der Waals surface area contributed by atoms with E-state index in [1.807, 2.05) is 0 Å². The third-order valence-electron chi connectivity index (χ3n) is 3.23. The molecule has 18 heavy (non-hydrogen) atoms. The Kier molecular flexibility index (Phi) is 4.35. The van der Waals surface area contributed by atoms with E-state index in [1.54, 1.807) is 0 Å². The second kappa shape index (κ2) is 5.80. The Hall–Kier alpha value is -0.940. The van der Waals surface area contributed by atoms with Crippen LogP contribution in [0.1, 0.15) is 36.0 Å². The lowest BCUT2D eigenvalue weighted by Gasteiger charge is -2.28. The highest BCUT2D eigenvalue weighted by atomic mass is 79.9. The molecule has 0 radical (unpaired) electrons. The van der Waals surface area contributed by atoms with Gasteiger partial charge in [-0.05, 0) is 47.0 Å². The van der Waals surface area contributed by atoms with E-state index in [4.69, 9.17) is 0 Å². The van der Waals surface area contributed by atoms with Crippen molar-refractivity contribution >= 4 is 21.8 Å². The van der Waals surface area contributed by atoms with Gasteiger partial charge in [-0.1, -0.05) is 12.8 Å². The molecule has 2 N–H and O–H groups in total. The molecule has 98 valence electrons. The van der Waals surface area contributed by atoms with Gasteiger partial charge in [0.15, 0.2) is 0 Å². The van der Waals surface area contributed by atoms with Crippen LogP contribution in [0.15, 0.2) is 22.7 Å². The summed E-state index contributed by atoms with van der Waals surface area (Å²) in [7, 11) is 0. The summed E-state index contributed by atoms with van der Waals surface area (Å²) in [5.74, 6) is -0.675. The summed E-state index contributed by atoms with van der Waals surface area (Å²) in [5, 5.41) is 12.6. The monoisotopic (exact) mass is 315 g/mol. The predicted octanol–water partition coefficient (Wildman–Crippen LogP) is 2.62. The minimum Gasteiger partial charge on any atom is -0.391 e. The molecule has 5 heteroatoms. The van der Waals surface area contributed by atoms with E-state index < -0.39 is 11.9 Å². The predicted molar refractivity (Wildman–Crippen MR) is 69.8 cm³/mol. The highest BCUT2D eigenvalue weighted by Gasteiger charge is 2.24. The number of hydrogen-bond acceptors (Lipinski definition) is 2. The summed E-state index contributed by atoms with van der Waals surface area (Å²) >= 11 is 3.05. The number of carbonyl (C=O) groups is 1. The Bertz CT molecular complexity index is 453. The molecule has 1 saturated carbocycles. The highest BCUT2D eigenvalue weighted by molar-refractivity contribution is 9.10. The standard InChI is InChI=1S/C13H15BrFNO2/c14-9-7-8(5-6-10(9)15)13(18)16-11-3-1-2-4-12(11)17/h5-7,11-12,17H,1-4H2,(H,16,18)/t11-,12-/m1/s1. The summed E-state index contributed by atoms with van der Waals surface area (Å²) < 4.78 is 13.3. The fraction of sp³-hybridized carbons (Fsp3) is 0.462. The van der Waals surface area contributed by atoms with Gasteiger partial charge in [-0.25, -0.2) is 4.39 Å². The first-order valence-electron chi connectivity index (χ1n) is 6.02. The third kappa shape index (κ3) is 3.09. The van der Waals surface area contributed by atoms with Crippen molar-refractivity contribution < 1.29 is 14.3 Å². The van der Waals surface area contributed by atoms with E-state index in [-0.39, 0.29) is 16.4 Å². The lowest BCUT2D eigenvalue weighted by atomic mass is 9.92. The van der Waals surface area contributed by atoms with Crippen molar-refractivity contribution in [3.05, 3.63) is 34.1 Å². The van der Waals surface area contributed by atoms with Gasteiger partial charge in [0, 0.05) is 5.56 Å². The van der Waals surface area contributed by atoms with Crippen LogP contribution >= 0.6 is 15.9 Å². The Morgan fingerprint density at radius 1 is 1.39 bits per heavy atom. The SMILES string of the molecule is O=C(N[C@@H]1CCCC[C@H]1O)c1ccc(F)c(Br)c1. The second-order valence-corrected chi connectivity index (χ2v) is 5.41. The molecule has 0 aromatic heterocycles. The number of benzene rings is 1. The number of halogens is 2. The quantitative estimate of drug-likeness (QED) is 0.881. The number of hydrogen-bond donors (Lipinski definition) is 2. The van der Waals surface area contributed by atoms with E-state index in [0.29, 0.717) is 5.56 Å². The lowest BCUT2D eigenvalue weighted by Crippen LogP contribution is -2.45. The van der Waals surface area contributed by atoms with Gasteiger partial charge in [0.2, 0.25) is 0 Å². The normalized spacial score (nSPS) is 23.7. The number of amides is 1. The largest absolute Gasteiger partial charge is 0.391 e. The van der Waals surface area contributed by atoms with Gasteiger partial charge in [-0.15, -0.1) is 0 Å². The van der Waals surface area contributed by atoms with Crippen LogP contribution in [0, 0.1) is 5.82 Å². The fourth-order valence-electron chi connectivity index (χ4n) is 2.17. The van der Waals surface area contributed by atoms with E-state index in [1.165, 1.54) is 18.2 Å². The van der Waals surface area contributed by atoms with Gasteiger partial charge in [0.1, 0.15) is 5.82 Å². The number of carbonyl (C=O) groups excluding carboxylic acids is 1. The van der Waals surface area contributed by atoms with Crippen molar-refractivity contribution in [3.63, 3.8) is 0 Å². The van der Waals surface area contributed by atoms with E-state index in [2.05, 4.69) is 21.2 Å². The maximum Gasteiger partial charge on any atom is 0.251 e. The van der Waals surface area contributed by atoms with Crippen molar-refractivity contribution in [1.82, 2.24) is 5.32 Å². The Balaban J connectivity index is 2.04. The van der Waals surface area contributed by atoms with Crippen molar-refractivity contribution in [3.8, 4) is 0 Å². The summed E-state index contributed by atoms with van der Waals surface area (Å²) in [5.41, 5.74) is 0.390. The van der Waals surface area contributed by atoms with Crippen LogP contribution in [0.5, 0.6) is 0 Å². The summed E-state index contributed by atoms with van der Waals surface area (Å²) in [6, 6.07) is 3.93. The molecular weight excluding hydrogens is 301 g/mol. The Morgan fingerprint density at radius 3 is 2.78 bits per heavy atom. The van der Waals surface area contributed by atoms with Crippen LogP contribution < -0.4 is 5.32 Å². The highest BCUT2D eigenvalue weighted by Crippen LogP contribution is 2.20. The summed E-state index contributed by atoms with van der Waals surface area (Å²) in [6.45, 7) is 0. The molecular formula is C13H15BrFNO2. The van der Waals surface area contributed by atoms with Gasteiger partial charge < -0.3 is 10.4 Å². The maximum atomic E-state index is 13.1. The van der Waals surface area contributed by atoms with Crippen LogP contribution in [-0.4, -0.2) is 23.2 Å². The number of aliphatic hydroxyl groups is 1. The van der Waals surface area contributed by atoms with Crippen molar-refractivity contribution in [2.75, 3.05) is 0 Å². The zero-order valence-electron chi connectivity index (χ0n) is 9.83. The topological polar surface area (TPSA) is 49.3 Å². The van der Waals surface area contributed by atoms with Gasteiger partial charge >= 0.3 is 0 Å². The van der Waals surface area contributed by atoms with Gasteiger partial charge in [0.25, 0.3) is 5.91 Å². The van der Waals surface area contributed by atoms with Crippen molar-refractivity contribution in [2.24, 2.45) is 0 Å². The van der Waals surface area contributed by atoms with Gasteiger partial charge in [-0.2, -0.15) is 0 Å². The first-order chi connectivity index (χ1) is 8.58. The molecule has 1 aromatic rings. The Morgan fingerprint density at radius 2 is 2.11 bits per heavy atom. The molecule has 3 nitrogen and oxygen atoms in total. The Labute approximate surface area is 114 Å². The molecule has 2 rings (SSSR count). The van der Waals surface area contributed by atoms with Crippen LogP contribution in [0.3, 0.4) is 0 Å². The molecule has 0 saturated heterocycles. The smallest absolute Gasteiger partial charge is 0.251 e. The number of rotatable bonds is 2. The van der Waals surface area contributed by atoms with Crippen LogP contribution in [0.25, 0.3) is 0 Å². The minimum atomic E-state index is -0.480. The molecule has 2 atom stereocenters. The molecule has 1 aliphatic carbocycles. The van der Waals surface area contributed by atoms with Gasteiger partial charge in [0.05, 0.1) is 16.6 Å². The molecule has 0 bridgehead atoms. The number of nitrogens with one attached hydrogen (secondary N) is 1. The van der Waals surface area contributed by atoms with Crippen molar-refractivity contribution in [1.29, 1.82) is 0 Å². The van der Waals surface area contributed by atoms with E-state index in [9.17, 15) is 14.3 Å². The summed E-state index contributed by atoms with van der Waals surface area (Å²) in [4.78, 5) is 12.0. The first kappa shape index (κ1) is 13.5. The van der Waals surface area contributed by atoms with Crippen LogP contribution in [-0.2, 0) is 0 Å². The first-order valence-corrected chi connectivity index (χ1v) is 6.81. The summed E-state index contributed by atoms with van der Waals surface area (Å²) in [6.07, 6.45) is 3.03. The molecule has 0 unspecified atom stereocenters. The van der Waals surface area contributed by atoms with Gasteiger partial charge in [-0.3, -0.25) is 4.79 Å². The minimum absolute atomic E-state index is 0.199. The molecule has 0 aliphatic heterocycles. The van der Waals surface area contributed by atoms with Crippen LogP contribution in [0.4, 0.5) is 4.39 Å². The molecule has 1 aliphatic rings. The fourth-order valence-corrected chi connectivity index (χ4v) is 2.55. The van der Waals surface area contributed by atoms with Crippen LogP contribution in [0.2, 0.25) is 0 Å². The molecule has 1 fully saturated rings. The average Bonchev–Trinajstić information content (AvgIpc) is 2.35. The lowest BCUT2D eigenvalue weighted by molar-refractivity contribution is 0.0717. The van der Waals surface area contributed by atoms with E-state index >= 15 is 0 Å². The average molecular weight is 316 g/mol. The zero-order valence-corrected chi connectivity index (χ0v) is 11.4. The van der Waals surface area contributed by atoms with E-state index in [0.717, 1.165) is 25.7 Å². The van der Waals surface area contributed by atoms with Crippen molar-refractivity contribution in [2.45, 2.75) is 37.8 Å². The third-order valence-corrected chi connectivity index (χ3v) is 3.84. The zero-order chi connectivity index (χ0) is 13.1. The molecule has 0 spiro atoms. The molecule has 1 aromatic carbocycles. The molecule has 1 amide bonds.